The lowest BCUT2D eigenvalue weighted by Crippen LogP contribution is -2.39. The molecular formula is C19H21FN2O3S. The van der Waals surface area contributed by atoms with E-state index in [1.807, 2.05) is 4.90 Å². The van der Waals surface area contributed by atoms with Crippen molar-refractivity contribution in [1.29, 1.82) is 0 Å². The molecule has 3 rings (SSSR count). The first-order valence-corrected chi connectivity index (χ1v) is 10.0. The second-order valence-electron chi connectivity index (χ2n) is 6.77. The smallest absolute Gasteiger partial charge is 0.253 e. The number of hydrogen-bond donors (Lipinski definition) is 1. The molecule has 0 aromatic heterocycles. The van der Waals surface area contributed by atoms with Gasteiger partial charge in [-0.15, -0.1) is 0 Å². The van der Waals surface area contributed by atoms with E-state index in [4.69, 9.17) is 5.14 Å². The number of benzene rings is 2. The van der Waals surface area contributed by atoms with E-state index in [0.717, 1.165) is 32.0 Å². The Morgan fingerprint density at radius 3 is 2.65 bits per heavy atom. The van der Waals surface area contributed by atoms with E-state index >= 15 is 0 Å². The number of carbonyl (C=O) groups excluding carboxylic acids is 1. The third-order valence-corrected chi connectivity index (χ3v) is 5.54. The van der Waals surface area contributed by atoms with Crippen LogP contribution in [0.15, 0.2) is 47.4 Å². The van der Waals surface area contributed by atoms with E-state index in [9.17, 15) is 17.6 Å². The lowest BCUT2D eigenvalue weighted by Gasteiger charge is -2.31. The number of primary sulfonamides is 1. The van der Waals surface area contributed by atoms with Crippen molar-refractivity contribution < 1.29 is 17.6 Å². The van der Waals surface area contributed by atoms with Crippen molar-refractivity contribution in [2.75, 3.05) is 13.1 Å². The van der Waals surface area contributed by atoms with Gasteiger partial charge < -0.3 is 4.90 Å². The summed E-state index contributed by atoms with van der Waals surface area (Å²) in [5.41, 5.74) is 1.23. The molecule has 1 aliphatic heterocycles. The van der Waals surface area contributed by atoms with Crippen LogP contribution in [-0.2, 0) is 10.0 Å². The zero-order valence-electron chi connectivity index (χ0n) is 14.5. The Kier molecular flexibility index (Phi) is 5.11. The van der Waals surface area contributed by atoms with E-state index < -0.39 is 15.8 Å². The molecule has 1 saturated heterocycles. The van der Waals surface area contributed by atoms with E-state index in [1.165, 1.54) is 12.1 Å². The monoisotopic (exact) mass is 376 g/mol. The average Bonchev–Trinajstić information content (AvgIpc) is 2.60. The largest absolute Gasteiger partial charge is 0.338 e. The Balaban J connectivity index is 1.91. The number of rotatable bonds is 3. The highest BCUT2D eigenvalue weighted by molar-refractivity contribution is 7.89. The zero-order chi connectivity index (χ0) is 18.9. The molecule has 1 heterocycles. The van der Waals surface area contributed by atoms with Crippen LogP contribution in [0.3, 0.4) is 0 Å². The van der Waals surface area contributed by atoms with Crippen LogP contribution in [0.1, 0.15) is 30.1 Å². The van der Waals surface area contributed by atoms with Crippen LogP contribution in [0.4, 0.5) is 4.39 Å². The standard InChI is InChI=1S/C19H21FN2O3S/c1-13-4-3-9-22(12-13)19(23)15-6-2-5-14(10-15)17-8-7-16(11-18(17)20)26(21,24)25/h2,5-8,10-11,13H,3-4,9,12H2,1H3,(H2,21,24,25)/t13-/m0/s1. The molecule has 0 bridgehead atoms. The quantitative estimate of drug-likeness (QED) is 0.894. The molecule has 2 N–H and O–H groups in total. The summed E-state index contributed by atoms with van der Waals surface area (Å²) in [5.74, 6) is -0.299. The normalized spacial score (nSPS) is 18.0. The number of hydrogen-bond acceptors (Lipinski definition) is 3. The molecule has 0 saturated carbocycles. The molecule has 0 aliphatic carbocycles. The van der Waals surface area contributed by atoms with Crippen molar-refractivity contribution >= 4 is 15.9 Å². The minimum Gasteiger partial charge on any atom is -0.338 e. The maximum atomic E-state index is 14.4. The first-order chi connectivity index (χ1) is 12.3. The molecule has 138 valence electrons. The Morgan fingerprint density at radius 1 is 1.23 bits per heavy atom. The van der Waals surface area contributed by atoms with Crippen LogP contribution >= 0.6 is 0 Å². The fourth-order valence-corrected chi connectivity index (χ4v) is 3.81. The van der Waals surface area contributed by atoms with Gasteiger partial charge in [-0.25, -0.2) is 17.9 Å². The number of carbonyl (C=O) groups is 1. The summed E-state index contributed by atoms with van der Waals surface area (Å²) >= 11 is 0. The van der Waals surface area contributed by atoms with Gasteiger partial charge in [-0.1, -0.05) is 25.1 Å². The van der Waals surface area contributed by atoms with Crippen LogP contribution in [0, 0.1) is 11.7 Å². The number of amides is 1. The molecule has 0 radical (unpaired) electrons. The van der Waals surface area contributed by atoms with Crippen molar-refractivity contribution in [2.45, 2.75) is 24.7 Å². The van der Waals surface area contributed by atoms with Crippen molar-refractivity contribution in [3.63, 3.8) is 0 Å². The SMILES string of the molecule is C[C@H]1CCCN(C(=O)c2cccc(-c3ccc(S(N)(=O)=O)cc3F)c2)C1. The van der Waals surface area contributed by atoms with Gasteiger partial charge in [0.05, 0.1) is 4.90 Å². The molecule has 2 aromatic rings. The Hall–Kier alpha value is -2.25. The predicted molar refractivity (Wildman–Crippen MR) is 97.5 cm³/mol. The summed E-state index contributed by atoms with van der Waals surface area (Å²) in [6, 6.07) is 10.2. The van der Waals surface area contributed by atoms with E-state index in [0.29, 0.717) is 17.0 Å². The van der Waals surface area contributed by atoms with Crippen LogP contribution in [-0.4, -0.2) is 32.3 Å². The van der Waals surface area contributed by atoms with Crippen molar-refractivity contribution in [3.05, 3.63) is 53.8 Å². The van der Waals surface area contributed by atoms with E-state index in [-0.39, 0.29) is 16.4 Å². The third-order valence-electron chi connectivity index (χ3n) is 4.63. The molecule has 0 spiro atoms. The number of sulfonamides is 1. The highest BCUT2D eigenvalue weighted by Crippen LogP contribution is 2.26. The molecule has 1 amide bonds. The maximum absolute atomic E-state index is 14.4. The minimum atomic E-state index is -3.97. The highest BCUT2D eigenvalue weighted by atomic mass is 32.2. The number of likely N-dealkylation sites (tertiary alicyclic amines) is 1. The summed E-state index contributed by atoms with van der Waals surface area (Å²) in [4.78, 5) is 14.3. The van der Waals surface area contributed by atoms with Crippen LogP contribution in [0.2, 0.25) is 0 Å². The number of nitrogens with two attached hydrogens (primary N) is 1. The average molecular weight is 376 g/mol. The van der Waals surface area contributed by atoms with Gasteiger partial charge >= 0.3 is 0 Å². The lowest BCUT2D eigenvalue weighted by molar-refractivity contribution is 0.0683. The van der Waals surface area contributed by atoms with Gasteiger partial charge in [-0.05, 0) is 48.6 Å². The Bertz CT molecular complexity index is 944. The van der Waals surface area contributed by atoms with Gasteiger partial charge in [-0.2, -0.15) is 0 Å². The fraction of sp³-hybridized carbons (Fsp3) is 0.316. The zero-order valence-corrected chi connectivity index (χ0v) is 15.3. The molecule has 7 heteroatoms. The molecule has 1 aliphatic rings. The first-order valence-electron chi connectivity index (χ1n) is 8.48. The molecule has 26 heavy (non-hydrogen) atoms. The number of halogens is 1. The Morgan fingerprint density at radius 2 is 2.00 bits per heavy atom. The highest BCUT2D eigenvalue weighted by Gasteiger charge is 2.22. The van der Waals surface area contributed by atoms with Gasteiger partial charge in [0.15, 0.2) is 0 Å². The van der Waals surface area contributed by atoms with Crippen LogP contribution in [0.25, 0.3) is 11.1 Å². The van der Waals surface area contributed by atoms with Crippen LogP contribution < -0.4 is 5.14 Å². The van der Waals surface area contributed by atoms with Gasteiger partial charge in [0.1, 0.15) is 5.82 Å². The first kappa shape index (κ1) is 18.5. The molecule has 1 fully saturated rings. The molecule has 1 atom stereocenters. The van der Waals surface area contributed by atoms with Gasteiger partial charge in [0.2, 0.25) is 10.0 Å². The van der Waals surface area contributed by atoms with Gasteiger partial charge in [0, 0.05) is 24.2 Å². The van der Waals surface area contributed by atoms with E-state index in [2.05, 4.69) is 6.92 Å². The van der Waals surface area contributed by atoms with Gasteiger partial charge in [0.25, 0.3) is 5.91 Å². The molecule has 0 unspecified atom stereocenters. The summed E-state index contributed by atoms with van der Waals surface area (Å²) in [5, 5.41) is 5.03. The summed E-state index contributed by atoms with van der Waals surface area (Å²) in [6.45, 7) is 3.57. The molecule has 2 aromatic carbocycles. The minimum absolute atomic E-state index is 0.0695. The molecule has 5 nitrogen and oxygen atoms in total. The van der Waals surface area contributed by atoms with Crippen molar-refractivity contribution in [2.24, 2.45) is 11.1 Å². The topological polar surface area (TPSA) is 80.5 Å². The van der Waals surface area contributed by atoms with Crippen molar-refractivity contribution in [1.82, 2.24) is 4.90 Å². The van der Waals surface area contributed by atoms with E-state index in [1.54, 1.807) is 24.3 Å². The second-order valence-corrected chi connectivity index (χ2v) is 8.33. The predicted octanol–water partition coefficient (Wildman–Crippen LogP) is 3.01. The Labute approximate surface area is 152 Å². The fourth-order valence-electron chi connectivity index (χ4n) is 3.28. The summed E-state index contributed by atoms with van der Waals surface area (Å²) in [7, 11) is -3.97. The lowest BCUT2D eigenvalue weighted by atomic mass is 9.98. The third kappa shape index (κ3) is 3.94. The van der Waals surface area contributed by atoms with Gasteiger partial charge in [-0.3, -0.25) is 4.79 Å². The summed E-state index contributed by atoms with van der Waals surface area (Å²) < 4.78 is 37.1. The second kappa shape index (κ2) is 7.17. The molecular weight excluding hydrogens is 355 g/mol. The maximum Gasteiger partial charge on any atom is 0.253 e. The van der Waals surface area contributed by atoms with Crippen molar-refractivity contribution in [3.8, 4) is 11.1 Å². The van der Waals surface area contributed by atoms with Crippen LogP contribution in [0.5, 0.6) is 0 Å². The number of piperidine rings is 1. The number of nitrogens with zero attached hydrogens (tertiary/aromatic N) is 1. The summed E-state index contributed by atoms with van der Waals surface area (Å²) in [6.07, 6.45) is 2.10.